The molecule has 20 heavy (non-hydrogen) atoms. The fourth-order valence-corrected chi connectivity index (χ4v) is 2.35. The maximum absolute atomic E-state index is 11.9. The lowest BCUT2D eigenvalue weighted by molar-refractivity contribution is 0.102. The lowest BCUT2D eigenvalue weighted by Crippen LogP contribution is -2.17. The minimum absolute atomic E-state index is 0.221. The summed E-state index contributed by atoms with van der Waals surface area (Å²) in [5.41, 5.74) is 2.35. The van der Waals surface area contributed by atoms with E-state index in [-0.39, 0.29) is 5.91 Å². The van der Waals surface area contributed by atoms with E-state index in [1.807, 2.05) is 24.3 Å². The molecule has 3 rings (SSSR count). The molecule has 0 bridgehead atoms. The summed E-state index contributed by atoms with van der Waals surface area (Å²) < 4.78 is 0. The summed E-state index contributed by atoms with van der Waals surface area (Å²) in [7, 11) is 0. The van der Waals surface area contributed by atoms with Gasteiger partial charge in [-0.15, -0.1) is 0 Å². The van der Waals surface area contributed by atoms with Crippen LogP contribution in [0.1, 0.15) is 23.3 Å². The third-order valence-electron chi connectivity index (χ3n) is 3.41. The zero-order valence-corrected chi connectivity index (χ0v) is 11.1. The van der Waals surface area contributed by atoms with Crippen LogP contribution in [0.2, 0.25) is 0 Å². The molecule has 1 aromatic heterocycles. The van der Waals surface area contributed by atoms with Gasteiger partial charge in [-0.3, -0.25) is 4.79 Å². The Kier molecular flexibility index (Phi) is 3.58. The van der Waals surface area contributed by atoms with Crippen molar-refractivity contribution in [2.45, 2.75) is 12.8 Å². The Labute approximate surface area is 117 Å². The molecule has 0 aliphatic carbocycles. The van der Waals surface area contributed by atoms with Gasteiger partial charge in [-0.25, -0.2) is 9.97 Å². The number of amides is 1. The van der Waals surface area contributed by atoms with Crippen LogP contribution in [0.4, 0.5) is 11.4 Å². The van der Waals surface area contributed by atoms with E-state index in [4.69, 9.17) is 0 Å². The molecule has 5 nitrogen and oxygen atoms in total. The predicted octanol–water partition coefficient (Wildman–Crippen LogP) is 2.33. The summed E-state index contributed by atoms with van der Waals surface area (Å²) in [5, 5.41) is 2.83. The molecule has 0 atom stereocenters. The Morgan fingerprint density at radius 1 is 1.10 bits per heavy atom. The molecule has 0 saturated carbocycles. The van der Waals surface area contributed by atoms with Gasteiger partial charge in [0.25, 0.3) is 5.91 Å². The van der Waals surface area contributed by atoms with E-state index in [1.54, 1.807) is 12.3 Å². The first-order valence-corrected chi connectivity index (χ1v) is 6.75. The Balaban J connectivity index is 1.67. The summed E-state index contributed by atoms with van der Waals surface area (Å²) in [5.74, 6) is -0.221. The lowest BCUT2D eigenvalue weighted by atomic mass is 10.2. The van der Waals surface area contributed by atoms with E-state index in [9.17, 15) is 4.79 Å². The van der Waals surface area contributed by atoms with Crippen molar-refractivity contribution in [2.24, 2.45) is 0 Å². The standard InChI is InChI=1S/C15H16N4O/c20-15(14-7-8-16-11-17-14)18-12-3-5-13(6-4-12)19-9-1-2-10-19/h3-8,11H,1-2,9-10H2,(H,18,20). The van der Waals surface area contributed by atoms with Crippen LogP contribution in [0.25, 0.3) is 0 Å². The molecule has 1 N–H and O–H groups in total. The molecule has 2 aromatic rings. The second-order valence-electron chi connectivity index (χ2n) is 4.79. The Morgan fingerprint density at radius 3 is 2.50 bits per heavy atom. The third kappa shape index (κ3) is 2.77. The molecule has 1 amide bonds. The maximum atomic E-state index is 11.9. The minimum Gasteiger partial charge on any atom is -0.372 e. The van der Waals surface area contributed by atoms with Crippen LogP contribution in [-0.4, -0.2) is 29.0 Å². The molecule has 1 aromatic carbocycles. The van der Waals surface area contributed by atoms with E-state index in [0.717, 1.165) is 18.8 Å². The summed E-state index contributed by atoms with van der Waals surface area (Å²) in [6.07, 6.45) is 5.43. The molecular weight excluding hydrogens is 252 g/mol. The maximum Gasteiger partial charge on any atom is 0.274 e. The van der Waals surface area contributed by atoms with E-state index < -0.39 is 0 Å². The fourth-order valence-electron chi connectivity index (χ4n) is 2.35. The highest BCUT2D eigenvalue weighted by Crippen LogP contribution is 2.22. The van der Waals surface area contributed by atoms with Gasteiger partial charge in [0, 0.05) is 30.7 Å². The van der Waals surface area contributed by atoms with Gasteiger partial charge in [-0.1, -0.05) is 0 Å². The van der Waals surface area contributed by atoms with E-state index in [0.29, 0.717) is 5.69 Å². The van der Waals surface area contributed by atoms with Crippen LogP contribution in [0, 0.1) is 0 Å². The zero-order chi connectivity index (χ0) is 13.8. The highest BCUT2D eigenvalue weighted by Gasteiger charge is 2.12. The molecule has 2 heterocycles. The average molecular weight is 268 g/mol. The van der Waals surface area contributed by atoms with Crippen molar-refractivity contribution < 1.29 is 4.79 Å². The molecule has 1 fully saturated rings. The molecule has 1 saturated heterocycles. The summed E-state index contributed by atoms with van der Waals surface area (Å²) >= 11 is 0. The van der Waals surface area contributed by atoms with Crippen molar-refractivity contribution in [1.29, 1.82) is 0 Å². The first kappa shape index (κ1) is 12.6. The Hall–Kier alpha value is -2.43. The molecule has 1 aliphatic rings. The van der Waals surface area contributed by atoms with Gasteiger partial charge in [0.1, 0.15) is 12.0 Å². The number of aromatic nitrogens is 2. The monoisotopic (exact) mass is 268 g/mol. The van der Waals surface area contributed by atoms with Gasteiger partial charge in [0.05, 0.1) is 0 Å². The Morgan fingerprint density at radius 2 is 1.85 bits per heavy atom. The number of nitrogens with one attached hydrogen (secondary N) is 1. The molecular formula is C15H16N4O. The van der Waals surface area contributed by atoms with E-state index in [1.165, 1.54) is 24.9 Å². The van der Waals surface area contributed by atoms with Crippen LogP contribution in [0.5, 0.6) is 0 Å². The van der Waals surface area contributed by atoms with Crippen molar-refractivity contribution in [1.82, 2.24) is 9.97 Å². The fraction of sp³-hybridized carbons (Fsp3) is 0.267. The van der Waals surface area contributed by atoms with Crippen molar-refractivity contribution in [2.75, 3.05) is 23.3 Å². The van der Waals surface area contributed by atoms with Gasteiger partial charge >= 0.3 is 0 Å². The van der Waals surface area contributed by atoms with Crippen molar-refractivity contribution >= 4 is 17.3 Å². The largest absolute Gasteiger partial charge is 0.372 e. The lowest BCUT2D eigenvalue weighted by Gasteiger charge is -2.17. The molecule has 0 unspecified atom stereocenters. The Bertz CT molecular complexity index is 577. The molecule has 0 radical (unpaired) electrons. The summed E-state index contributed by atoms with van der Waals surface area (Å²) in [6.45, 7) is 2.24. The SMILES string of the molecule is O=C(Nc1ccc(N2CCCC2)cc1)c1ccncn1. The molecule has 0 spiro atoms. The summed E-state index contributed by atoms with van der Waals surface area (Å²) in [4.78, 5) is 22.0. The number of carbonyl (C=O) groups is 1. The van der Waals surface area contributed by atoms with E-state index >= 15 is 0 Å². The number of carbonyl (C=O) groups excluding carboxylic acids is 1. The first-order valence-electron chi connectivity index (χ1n) is 6.75. The number of anilines is 2. The summed E-state index contributed by atoms with van der Waals surface area (Å²) in [6, 6.07) is 9.52. The molecule has 1 aliphatic heterocycles. The van der Waals surface area contributed by atoms with Crippen molar-refractivity contribution in [3.8, 4) is 0 Å². The van der Waals surface area contributed by atoms with Crippen LogP contribution < -0.4 is 10.2 Å². The highest BCUT2D eigenvalue weighted by atomic mass is 16.1. The number of hydrogen-bond acceptors (Lipinski definition) is 4. The van der Waals surface area contributed by atoms with Crippen molar-refractivity contribution in [3.05, 3.63) is 48.5 Å². The number of hydrogen-bond donors (Lipinski definition) is 1. The van der Waals surface area contributed by atoms with Gasteiger partial charge in [0.2, 0.25) is 0 Å². The molecule has 102 valence electrons. The third-order valence-corrected chi connectivity index (χ3v) is 3.41. The van der Waals surface area contributed by atoms with Gasteiger partial charge in [-0.05, 0) is 43.2 Å². The van der Waals surface area contributed by atoms with Crippen LogP contribution in [0.15, 0.2) is 42.9 Å². The number of benzene rings is 1. The first-order chi connectivity index (χ1) is 9.83. The van der Waals surface area contributed by atoms with E-state index in [2.05, 4.69) is 20.2 Å². The van der Waals surface area contributed by atoms with Gasteiger partial charge in [0.15, 0.2) is 0 Å². The quantitative estimate of drug-likeness (QED) is 0.928. The van der Waals surface area contributed by atoms with Gasteiger partial charge < -0.3 is 10.2 Å². The average Bonchev–Trinajstić information content (AvgIpc) is 3.03. The number of rotatable bonds is 3. The van der Waals surface area contributed by atoms with Crippen LogP contribution >= 0.6 is 0 Å². The zero-order valence-electron chi connectivity index (χ0n) is 11.1. The highest BCUT2D eigenvalue weighted by molar-refractivity contribution is 6.02. The molecule has 5 heteroatoms. The smallest absolute Gasteiger partial charge is 0.274 e. The van der Waals surface area contributed by atoms with Crippen LogP contribution in [-0.2, 0) is 0 Å². The van der Waals surface area contributed by atoms with Crippen molar-refractivity contribution in [3.63, 3.8) is 0 Å². The topological polar surface area (TPSA) is 58.1 Å². The predicted molar refractivity (Wildman–Crippen MR) is 77.9 cm³/mol. The second kappa shape index (κ2) is 5.69. The van der Waals surface area contributed by atoms with Crippen LogP contribution in [0.3, 0.4) is 0 Å². The number of nitrogens with zero attached hydrogens (tertiary/aromatic N) is 3. The second-order valence-corrected chi connectivity index (χ2v) is 4.79. The normalized spacial score (nSPS) is 14.3. The van der Waals surface area contributed by atoms with Gasteiger partial charge in [-0.2, -0.15) is 0 Å². The minimum atomic E-state index is -0.221.